The van der Waals surface area contributed by atoms with Crippen molar-refractivity contribution in [3.63, 3.8) is 0 Å². The van der Waals surface area contributed by atoms with Crippen molar-refractivity contribution in [1.82, 2.24) is 9.88 Å². The maximum atomic E-state index is 15.3. The van der Waals surface area contributed by atoms with Crippen LogP contribution in [0.3, 0.4) is 0 Å². The van der Waals surface area contributed by atoms with Gasteiger partial charge in [0, 0.05) is 36.3 Å². The Kier molecular flexibility index (Phi) is 8.51. The van der Waals surface area contributed by atoms with E-state index in [0.717, 1.165) is 0 Å². The average Bonchev–Trinajstić information content (AvgIpc) is 2.88. The molecule has 0 bridgehead atoms. The highest BCUT2D eigenvalue weighted by atomic mass is 35.5. The van der Waals surface area contributed by atoms with Crippen LogP contribution in [0.5, 0.6) is 0 Å². The Hall–Kier alpha value is -3.36. The van der Waals surface area contributed by atoms with Crippen LogP contribution in [-0.2, 0) is 7.05 Å². The van der Waals surface area contributed by atoms with Crippen LogP contribution in [0.4, 0.5) is 4.39 Å². The molecular weight excluding hydrogens is 497 g/mol. The van der Waals surface area contributed by atoms with Gasteiger partial charge in [0.25, 0.3) is 5.91 Å². The van der Waals surface area contributed by atoms with Crippen molar-refractivity contribution in [2.45, 2.75) is 56.2 Å². The summed E-state index contributed by atoms with van der Waals surface area (Å²) in [6.45, 7) is 0. The molecule has 37 heavy (non-hydrogen) atoms. The van der Waals surface area contributed by atoms with Gasteiger partial charge in [-0.15, -0.1) is 0 Å². The lowest BCUT2D eigenvalue weighted by molar-refractivity contribution is 0.0864. The van der Waals surface area contributed by atoms with E-state index in [1.54, 1.807) is 37.5 Å². The quantitative estimate of drug-likeness (QED) is 0.393. The Labute approximate surface area is 219 Å². The summed E-state index contributed by atoms with van der Waals surface area (Å²) in [5.41, 5.74) is 1.51. The summed E-state index contributed by atoms with van der Waals surface area (Å²) in [6, 6.07) is 13.5. The second kappa shape index (κ2) is 11.8. The number of aromatic nitrogens is 1. The monoisotopic (exact) mass is 525 g/mol. The molecule has 9 heteroatoms. The average molecular weight is 526 g/mol. The SMILES string of the molecule is Cn1cc(C(CC(c2ccc(C(=O)NC3CCC(O)CC3)c(F)c2)c2ccccc2Cl)N=O)ccc1=O. The lowest BCUT2D eigenvalue weighted by atomic mass is 9.84. The molecule has 2 aromatic carbocycles. The van der Waals surface area contributed by atoms with E-state index >= 15 is 4.39 Å². The molecule has 1 aliphatic carbocycles. The molecule has 2 unspecified atom stereocenters. The largest absolute Gasteiger partial charge is 0.393 e. The Bertz CT molecular complexity index is 1340. The van der Waals surface area contributed by atoms with Crippen LogP contribution in [0.25, 0.3) is 0 Å². The molecular formula is C28H29ClFN3O4. The molecule has 4 rings (SSSR count). The fourth-order valence-electron chi connectivity index (χ4n) is 4.89. The highest BCUT2D eigenvalue weighted by Crippen LogP contribution is 2.39. The molecule has 0 saturated heterocycles. The van der Waals surface area contributed by atoms with E-state index in [1.807, 2.05) is 12.1 Å². The molecule has 1 fully saturated rings. The van der Waals surface area contributed by atoms with Crippen molar-refractivity contribution in [3.8, 4) is 0 Å². The first-order chi connectivity index (χ1) is 17.8. The van der Waals surface area contributed by atoms with E-state index in [4.69, 9.17) is 11.6 Å². The van der Waals surface area contributed by atoms with Gasteiger partial charge in [-0.25, -0.2) is 4.39 Å². The van der Waals surface area contributed by atoms with Crippen LogP contribution in [0.15, 0.2) is 70.8 Å². The van der Waals surface area contributed by atoms with Crippen LogP contribution in [0, 0.1) is 10.7 Å². The second-order valence-electron chi connectivity index (χ2n) is 9.56. The molecule has 1 aromatic heterocycles. The van der Waals surface area contributed by atoms with Gasteiger partial charge in [0.15, 0.2) is 0 Å². The molecule has 2 atom stereocenters. The molecule has 0 aliphatic heterocycles. The van der Waals surface area contributed by atoms with Gasteiger partial charge in [0.1, 0.15) is 11.9 Å². The minimum absolute atomic E-state index is 0.0732. The van der Waals surface area contributed by atoms with Gasteiger partial charge in [0.05, 0.1) is 11.7 Å². The molecule has 1 amide bonds. The number of nitrogens with zero attached hydrogens (tertiary/aromatic N) is 2. The smallest absolute Gasteiger partial charge is 0.254 e. The number of carbonyl (C=O) groups excluding carboxylic acids is 1. The zero-order chi connectivity index (χ0) is 26.5. The summed E-state index contributed by atoms with van der Waals surface area (Å²) >= 11 is 6.50. The zero-order valence-corrected chi connectivity index (χ0v) is 21.2. The van der Waals surface area contributed by atoms with Crippen LogP contribution >= 0.6 is 11.6 Å². The lowest BCUT2D eigenvalue weighted by Gasteiger charge is -2.26. The Morgan fingerprint density at radius 3 is 2.49 bits per heavy atom. The molecule has 7 nitrogen and oxygen atoms in total. The number of carbonyl (C=O) groups is 1. The number of hydrogen-bond donors (Lipinski definition) is 2. The maximum Gasteiger partial charge on any atom is 0.254 e. The Balaban J connectivity index is 1.63. The summed E-state index contributed by atoms with van der Waals surface area (Å²) in [4.78, 5) is 36.5. The molecule has 0 spiro atoms. The summed E-state index contributed by atoms with van der Waals surface area (Å²) in [6.07, 6.45) is 3.90. The third-order valence-corrected chi connectivity index (χ3v) is 7.38. The molecule has 0 radical (unpaired) electrons. The van der Waals surface area contributed by atoms with Crippen LogP contribution < -0.4 is 10.9 Å². The first-order valence-corrected chi connectivity index (χ1v) is 12.7. The van der Waals surface area contributed by atoms with Crippen molar-refractivity contribution in [2.24, 2.45) is 12.2 Å². The van der Waals surface area contributed by atoms with E-state index in [-0.39, 0.29) is 29.7 Å². The van der Waals surface area contributed by atoms with E-state index in [9.17, 15) is 19.6 Å². The highest BCUT2D eigenvalue weighted by Gasteiger charge is 2.27. The van der Waals surface area contributed by atoms with Gasteiger partial charge in [-0.3, -0.25) is 9.59 Å². The third-order valence-electron chi connectivity index (χ3n) is 7.03. The second-order valence-corrected chi connectivity index (χ2v) is 9.97. The van der Waals surface area contributed by atoms with E-state index < -0.39 is 23.7 Å². The molecule has 3 aromatic rings. The summed E-state index contributed by atoms with van der Waals surface area (Å²) in [5, 5.41) is 16.3. The number of aliphatic hydroxyl groups is 1. The van der Waals surface area contributed by atoms with Crippen LogP contribution in [0.2, 0.25) is 5.02 Å². The highest BCUT2D eigenvalue weighted by molar-refractivity contribution is 6.31. The van der Waals surface area contributed by atoms with Crippen molar-refractivity contribution in [2.75, 3.05) is 0 Å². The third kappa shape index (κ3) is 6.32. The van der Waals surface area contributed by atoms with E-state index in [0.29, 0.717) is 47.4 Å². The van der Waals surface area contributed by atoms with Crippen molar-refractivity contribution >= 4 is 17.5 Å². The van der Waals surface area contributed by atoms with Crippen LogP contribution in [-0.4, -0.2) is 27.7 Å². The number of nitrogens with one attached hydrogen (secondary N) is 1. The number of aryl methyl sites for hydroxylation is 1. The van der Waals surface area contributed by atoms with Gasteiger partial charge in [-0.1, -0.05) is 41.0 Å². The fourth-order valence-corrected chi connectivity index (χ4v) is 5.16. The standard InChI is InChI=1S/C28H29ClFN3O4/c1-33-16-18(7-13-27(33)35)26(32-37)15-23(21-4-2-3-5-24(21)29)17-6-12-22(25(30)14-17)28(36)31-19-8-10-20(34)11-9-19/h2-7,12-14,16,19-20,23,26,34H,8-11,15H2,1H3,(H,31,36). The summed E-state index contributed by atoms with van der Waals surface area (Å²) in [7, 11) is 1.59. The predicted molar refractivity (Wildman–Crippen MR) is 140 cm³/mol. The predicted octanol–water partition coefficient (Wildman–Crippen LogP) is 5.24. The number of halogens is 2. The lowest BCUT2D eigenvalue weighted by Crippen LogP contribution is -2.38. The molecule has 1 aliphatic rings. The number of rotatable bonds is 8. The summed E-state index contributed by atoms with van der Waals surface area (Å²) in [5.74, 6) is -1.68. The topological polar surface area (TPSA) is 101 Å². The molecule has 1 heterocycles. The fraction of sp³-hybridized carbons (Fsp3) is 0.357. The van der Waals surface area contributed by atoms with E-state index in [2.05, 4.69) is 10.5 Å². The van der Waals surface area contributed by atoms with Gasteiger partial charge in [0.2, 0.25) is 5.56 Å². The minimum atomic E-state index is -0.819. The first kappa shape index (κ1) is 26.7. The number of amides is 1. The Morgan fingerprint density at radius 2 is 1.84 bits per heavy atom. The molecule has 2 N–H and O–H groups in total. The number of hydrogen-bond acceptors (Lipinski definition) is 5. The number of benzene rings is 2. The first-order valence-electron chi connectivity index (χ1n) is 12.3. The van der Waals surface area contributed by atoms with Crippen molar-refractivity contribution in [3.05, 3.63) is 109 Å². The van der Waals surface area contributed by atoms with Gasteiger partial charge in [-0.2, -0.15) is 4.91 Å². The van der Waals surface area contributed by atoms with E-state index in [1.165, 1.54) is 22.8 Å². The molecule has 1 saturated carbocycles. The Morgan fingerprint density at radius 1 is 1.14 bits per heavy atom. The minimum Gasteiger partial charge on any atom is -0.393 e. The van der Waals surface area contributed by atoms with Crippen molar-refractivity contribution < 1.29 is 14.3 Å². The van der Waals surface area contributed by atoms with Gasteiger partial charge < -0.3 is 15.0 Å². The zero-order valence-electron chi connectivity index (χ0n) is 20.4. The van der Waals surface area contributed by atoms with Gasteiger partial charge in [-0.05, 0) is 73.1 Å². The number of nitroso groups, excluding NO2 is 1. The normalized spacial score (nSPS) is 19.1. The van der Waals surface area contributed by atoms with Crippen LogP contribution in [0.1, 0.15) is 71.1 Å². The summed E-state index contributed by atoms with van der Waals surface area (Å²) < 4.78 is 16.6. The van der Waals surface area contributed by atoms with Gasteiger partial charge >= 0.3 is 0 Å². The molecule has 194 valence electrons. The number of pyridine rings is 1. The maximum absolute atomic E-state index is 15.3. The van der Waals surface area contributed by atoms with Crippen molar-refractivity contribution in [1.29, 1.82) is 0 Å². The number of aliphatic hydroxyl groups excluding tert-OH is 1.